The molecule has 1 amide bonds. The van der Waals surface area contributed by atoms with Gasteiger partial charge in [0.15, 0.2) is 6.29 Å². The third-order valence-electron chi connectivity index (χ3n) is 8.75. The Morgan fingerprint density at radius 1 is 0.841 bits per heavy atom. The lowest BCUT2D eigenvalue weighted by atomic mass is 9.97. The Kier molecular flexibility index (Phi) is 9.80. The van der Waals surface area contributed by atoms with Crippen molar-refractivity contribution >= 4 is 5.91 Å². The third kappa shape index (κ3) is 7.09. The van der Waals surface area contributed by atoms with Gasteiger partial charge in [-0.3, -0.25) is 9.69 Å². The van der Waals surface area contributed by atoms with Crippen LogP contribution in [-0.4, -0.2) is 52.9 Å². The molecule has 2 aliphatic rings. The van der Waals surface area contributed by atoms with Crippen molar-refractivity contribution in [1.82, 2.24) is 10.2 Å². The van der Waals surface area contributed by atoms with Crippen molar-refractivity contribution in [2.45, 2.75) is 57.0 Å². The molecule has 0 radical (unpaired) electrons. The molecule has 0 aromatic heterocycles. The number of hydrogen-bond acceptors (Lipinski definition) is 6. The molecule has 228 valence electrons. The number of amides is 1. The van der Waals surface area contributed by atoms with Gasteiger partial charge in [0, 0.05) is 36.7 Å². The molecule has 44 heavy (non-hydrogen) atoms. The monoisotopic (exact) mass is 592 g/mol. The molecule has 4 atom stereocenters. The summed E-state index contributed by atoms with van der Waals surface area (Å²) < 4.78 is 13.1. The van der Waals surface area contributed by atoms with E-state index in [-0.39, 0.29) is 37.4 Å². The van der Waals surface area contributed by atoms with E-state index in [0.29, 0.717) is 18.5 Å². The number of rotatable bonds is 10. The Bertz CT molecular complexity index is 1510. The fourth-order valence-electron chi connectivity index (χ4n) is 6.28. The van der Waals surface area contributed by atoms with Crippen LogP contribution in [0.4, 0.5) is 0 Å². The van der Waals surface area contributed by atoms with Crippen LogP contribution in [0.25, 0.3) is 11.1 Å². The van der Waals surface area contributed by atoms with E-state index in [4.69, 9.17) is 9.47 Å². The predicted octanol–water partition coefficient (Wildman–Crippen LogP) is 5.78. The lowest BCUT2D eigenvalue weighted by Crippen LogP contribution is -2.42. The maximum Gasteiger partial charge on any atom is 0.251 e. The summed E-state index contributed by atoms with van der Waals surface area (Å²) in [5, 5.41) is 22.4. The largest absolute Gasteiger partial charge is 0.395 e. The van der Waals surface area contributed by atoms with Gasteiger partial charge in [-0.1, -0.05) is 91.0 Å². The van der Waals surface area contributed by atoms with Crippen molar-refractivity contribution in [2.75, 3.05) is 19.7 Å². The van der Waals surface area contributed by atoms with Crippen molar-refractivity contribution in [2.24, 2.45) is 0 Å². The maximum absolute atomic E-state index is 12.7. The van der Waals surface area contributed by atoms with Crippen LogP contribution in [0.5, 0.6) is 0 Å². The first-order chi connectivity index (χ1) is 21.6. The fourth-order valence-corrected chi connectivity index (χ4v) is 6.28. The van der Waals surface area contributed by atoms with Crippen molar-refractivity contribution < 1.29 is 24.5 Å². The molecule has 3 N–H and O–H groups in total. The van der Waals surface area contributed by atoms with E-state index < -0.39 is 6.29 Å². The Balaban J connectivity index is 1.19. The maximum atomic E-state index is 12.7. The summed E-state index contributed by atoms with van der Waals surface area (Å²) in [7, 11) is 0. The molecule has 4 aromatic carbocycles. The molecule has 0 spiro atoms. The van der Waals surface area contributed by atoms with Gasteiger partial charge in [0.25, 0.3) is 5.91 Å². The highest BCUT2D eigenvalue weighted by molar-refractivity contribution is 5.94. The van der Waals surface area contributed by atoms with Crippen LogP contribution < -0.4 is 5.32 Å². The number of likely N-dealkylation sites (tertiary alicyclic amines) is 1. The zero-order valence-corrected chi connectivity index (χ0v) is 24.8. The molecule has 2 heterocycles. The van der Waals surface area contributed by atoms with Gasteiger partial charge in [0.1, 0.15) is 0 Å². The summed E-state index contributed by atoms with van der Waals surface area (Å²) in [6.07, 6.45) is 2.05. The molecule has 6 rings (SSSR count). The van der Waals surface area contributed by atoms with Gasteiger partial charge in [-0.2, -0.15) is 0 Å². The SMILES string of the molecule is O=C(NCc1ccccc1-c1ccc([C@H]2O[C@@H](CN3CCC[C@H]3CO)C[C@@H](c3ccc(CO)cc3)O2)cc1)c1ccccc1. The first kappa shape index (κ1) is 30.2. The molecule has 4 aromatic rings. The quantitative estimate of drug-likeness (QED) is 0.216. The van der Waals surface area contributed by atoms with Crippen LogP contribution in [-0.2, 0) is 22.6 Å². The summed E-state index contributed by atoms with van der Waals surface area (Å²) in [6, 6.07) is 33.7. The zero-order chi connectivity index (χ0) is 30.3. The molecule has 0 unspecified atom stereocenters. The zero-order valence-electron chi connectivity index (χ0n) is 24.8. The summed E-state index contributed by atoms with van der Waals surface area (Å²) in [5.74, 6) is -0.100. The molecule has 7 nitrogen and oxygen atoms in total. The van der Waals surface area contributed by atoms with Gasteiger partial charge >= 0.3 is 0 Å². The van der Waals surface area contributed by atoms with Gasteiger partial charge in [-0.25, -0.2) is 0 Å². The molecule has 0 aliphatic carbocycles. The third-order valence-corrected chi connectivity index (χ3v) is 8.75. The van der Waals surface area contributed by atoms with Crippen molar-refractivity contribution in [3.8, 4) is 11.1 Å². The normalized spacial score (nSPS) is 22.1. The number of nitrogens with zero attached hydrogens (tertiary/aromatic N) is 1. The Hall–Kier alpha value is -3.85. The molecule has 2 saturated heterocycles. The van der Waals surface area contributed by atoms with Gasteiger partial charge < -0.3 is 25.0 Å². The van der Waals surface area contributed by atoms with Crippen molar-refractivity contribution in [3.05, 3.63) is 131 Å². The highest BCUT2D eigenvalue weighted by Gasteiger charge is 2.35. The molecule has 0 bridgehead atoms. The highest BCUT2D eigenvalue weighted by atomic mass is 16.7. The predicted molar refractivity (Wildman–Crippen MR) is 170 cm³/mol. The Labute approximate surface area is 259 Å². The van der Waals surface area contributed by atoms with Crippen LogP contribution in [0.1, 0.15) is 64.3 Å². The van der Waals surface area contributed by atoms with Crippen LogP contribution in [0.2, 0.25) is 0 Å². The summed E-state index contributed by atoms with van der Waals surface area (Å²) in [5.41, 5.74) is 6.64. The van der Waals surface area contributed by atoms with Crippen LogP contribution in [0.3, 0.4) is 0 Å². The summed E-state index contributed by atoms with van der Waals surface area (Å²) in [4.78, 5) is 15.0. The molecule has 2 fully saturated rings. The minimum Gasteiger partial charge on any atom is -0.395 e. The van der Waals surface area contributed by atoms with Gasteiger partial charge in [0.05, 0.1) is 25.4 Å². The van der Waals surface area contributed by atoms with Crippen molar-refractivity contribution in [3.63, 3.8) is 0 Å². The van der Waals surface area contributed by atoms with Gasteiger partial charge in [-0.05, 0) is 59.3 Å². The summed E-state index contributed by atoms with van der Waals surface area (Å²) in [6.45, 7) is 2.30. The van der Waals surface area contributed by atoms with E-state index in [9.17, 15) is 15.0 Å². The topological polar surface area (TPSA) is 91.3 Å². The lowest BCUT2D eigenvalue weighted by Gasteiger charge is -2.38. The average molecular weight is 593 g/mol. The molecule has 0 saturated carbocycles. The molecular formula is C37H40N2O5. The molecular weight excluding hydrogens is 552 g/mol. The number of carbonyl (C=O) groups is 1. The fraction of sp³-hybridized carbons (Fsp3) is 0.324. The number of benzene rings is 4. The number of aliphatic hydroxyl groups excluding tert-OH is 2. The van der Waals surface area contributed by atoms with E-state index in [1.807, 2.05) is 72.8 Å². The minimum atomic E-state index is -0.541. The van der Waals surface area contributed by atoms with E-state index in [0.717, 1.165) is 59.3 Å². The molecule has 7 heteroatoms. The Morgan fingerprint density at radius 2 is 1.57 bits per heavy atom. The van der Waals surface area contributed by atoms with Crippen LogP contribution >= 0.6 is 0 Å². The average Bonchev–Trinajstić information content (AvgIpc) is 3.54. The first-order valence-electron chi connectivity index (χ1n) is 15.5. The van der Waals surface area contributed by atoms with E-state index in [1.54, 1.807) is 0 Å². The second-order valence-corrected chi connectivity index (χ2v) is 11.7. The smallest absolute Gasteiger partial charge is 0.251 e. The number of aliphatic hydroxyl groups is 2. The van der Waals surface area contributed by atoms with E-state index in [2.05, 4.69) is 40.5 Å². The number of hydrogen-bond donors (Lipinski definition) is 3. The number of carbonyl (C=O) groups excluding carboxylic acids is 1. The Morgan fingerprint density at radius 3 is 2.32 bits per heavy atom. The van der Waals surface area contributed by atoms with Crippen LogP contribution in [0.15, 0.2) is 103 Å². The first-order valence-corrected chi connectivity index (χ1v) is 15.5. The van der Waals surface area contributed by atoms with Crippen LogP contribution in [0, 0.1) is 0 Å². The van der Waals surface area contributed by atoms with Gasteiger partial charge in [-0.15, -0.1) is 0 Å². The summed E-state index contributed by atoms with van der Waals surface area (Å²) >= 11 is 0. The second-order valence-electron chi connectivity index (χ2n) is 11.7. The standard InChI is InChI=1S/C37H40N2O5/c40-24-26-12-14-28(15-13-26)35-21-33(23-39-20-6-10-32(39)25-41)43-37(44-35)30-18-16-27(17-19-30)34-11-5-4-9-31(34)22-38-36(42)29-7-2-1-3-8-29/h1-5,7-9,11-19,32-33,35,37,40-41H,6,10,20-25H2,(H,38,42)/t32-,33+,35-,37-/m0/s1. The number of ether oxygens (including phenoxy) is 2. The minimum absolute atomic E-state index is 0.00649. The highest BCUT2D eigenvalue weighted by Crippen LogP contribution is 2.39. The van der Waals surface area contributed by atoms with E-state index in [1.165, 1.54) is 0 Å². The van der Waals surface area contributed by atoms with E-state index >= 15 is 0 Å². The van der Waals surface area contributed by atoms with Gasteiger partial charge in [0.2, 0.25) is 0 Å². The van der Waals surface area contributed by atoms with Crippen molar-refractivity contribution in [1.29, 1.82) is 0 Å². The lowest BCUT2D eigenvalue weighted by molar-refractivity contribution is -0.253. The number of nitrogens with one attached hydrogen (secondary N) is 1. The second kappa shape index (κ2) is 14.3. The molecule has 2 aliphatic heterocycles.